The van der Waals surface area contributed by atoms with E-state index in [4.69, 9.17) is 5.11 Å². The third-order valence-electron chi connectivity index (χ3n) is 3.06. The maximum Gasteiger partial charge on any atom is 0.254 e. The number of rotatable bonds is 4. The molecule has 1 fully saturated rings. The number of phenols is 1. The van der Waals surface area contributed by atoms with E-state index in [1.165, 1.54) is 12.1 Å². The van der Waals surface area contributed by atoms with Gasteiger partial charge in [0, 0.05) is 17.9 Å². The van der Waals surface area contributed by atoms with Gasteiger partial charge in [-0.05, 0) is 30.4 Å². The maximum absolute atomic E-state index is 13.4. The number of alkyl halides is 1. The van der Waals surface area contributed by atoms with Crippen LogP contribution in [0.25, 0.3) is 0 Å². The van der Waals surface area contributed by atoms with E-state index in [2.05, 4.69) is 21.2 Å². The molecule has 1 saturated carbocycles. The van der Waals surface area contributed by atoms with Crippen LogP contribution in [0, 0.1) is 11.2 Å². The van der Waals surface area contributed by atoms with Crippen molar-refractivity contribution in [1.29, 1.82) is 0 Å². The number of benzene rings is 1. The van der Waals surface area contributed by atoms with E-state index in [1.807, 2.05) is 0 Å². The average molecular weight is 302 g/mol. The number of hydrogen-bond donors (Lipinski definition) is 2. The summed E-state index contributed by atoms with van der Waals surface area (Å²) in [6.45, 7) is 0.553. The van der Waals surface area contributed by atoms with Gasteiger partial charge >= 0.3 is 0 Å². The van der Waals surface area contributed by atoms with Crippen LogP contribution in [0.2, 0.25) is 0 Å². The summed E-state index contributed by atoms with van der Waals surface area (Å²) in [5.74, 6) is -1.32. The second kappa shape index (κ2) is 4.64. The Bertz CT molecular complexity index is 446. The highest BCUT2D eigenvalue weighted by molar-refractivity contribution is 9.09. The number of carbonyl (C=O) groups excluding carboxylic acids is 1. The summed E-state index contributed by atoms with van der Waals surface area (Å²) in [5, 5.41) is 12.6. The van der Waals surface area contributed by atoms with Gasteiger partial charge in [-0.3, -0.25) is 4.79 Å². The van der Waals surface area contributed by atoms with Crippen LogP contribution in [-0.4, -0.2) is 22.9 Å². The molecule has 0 heterocycles. The van der Waals surface area contributed by atoms with Gasteiger partial charge in [-0.1, -0.05) is 15.9 Å². The summed E-state index contributed by atoms with van der Waals surface area (Å²) in [4.78, 5) is 11.7. The molecule has 1 aromatic carbocycles. The molecule has 0 unspecified atom stereocenters. The molecule has 0 spiro atoms. The largest absolute Gasteiger partial charge is 0.508 e. The first-order valence-electron chi connectivity index (χ1n) is 5.39. The molecule has 0 saturated heterocycles. The van der Waals surface area contributed by atoms with Crippen LogP contribution in [0.1, 0.15) is 23.2 Å². The van der Waals surface area contributed by atoms with E-state index in [1.54, 1.807) is 0 Å². The van der Waals surface area contributed by atoms with E-state index < -0.39 is 11.7 Å². The monoisotopic (exact) mass is 301 g/mol. The molecule has 0 bridgehead atoms. The highest BCUT2D eigenvalue weighted by Crippen LogP contribution is 2.46. The molecule has 1 aromatic rings. The minimum atomic E-state index is -0.703. The first kappa shape index (κ1) is 12.4. The number of nitrogens with one attached hydrogen (secondary N) is 1. The van der Waals surface area contributed by atoms with Gasteiger partial charge in [0.15, 0.2) is 0 Å². The van der Waals surface area contributed by atoms with Crippen molar-refractivity contribution < 1.29 is 14.3 Å². The predicted octanol–water partition coefficient (Wildman–Crippen LogP) is 2.44. The van der Waals surface area contributed by atoms with Gasteiger partial charge in [0.2, 0.25) is 0 Å². The molecule has 0 radical (unpaired) electrons. The highest BCUT2D eigenvalue weighted by Gasteiger charge is 2.41. The quantitative estimate of drug-likeness (QED) is 0.839. The molecule has 5 heteroatoms. The van der Waals surface area contributed by atoms with Crippen LogP contribution in [0.3, 0.4) is 0 Å². The molecule has 3 nitrogen and oxygen atoms in total. The molecule has 17 heavy (non-hydrogen) atoms. The predicted molar refractivity (Wildman–Crippen MR) is 65.9 cm³/mol. The smallest absolute Gasteiger partial charge is 0.254 e. The van der Waals surface area contributed by atoms with Gasteiger partial charge in [-0.2, -0.15) is 0 Å². The molecular weight excluding hydrogens is 289 g/mol. The summed E-state index contributed by atoms with van der Waals surface area (Å²) < 4.78 is 13.4. The van der Waals surface area contributed by atoms with Crippen molar-refractivity contribution >= 4 is 21.8 Å². The lowest BCUT2D eigenvalue weighted by Gasteiger charge is -2.12. The van der Waals surface area contributed by atoms with E-state index in [0.29, 0.717) is 6.54 Å². The molecule has 0 atom stereocenters. The van der Waals surface area contributed by atoms with Crippen LogP contribution in [0.15, 0.2) is 18.2 Å². The zero-order valence-corrected chi connectivity index (χ0v) is 10.8. The topological polar surface area (TPSA) is 49.3 Å². The van der Waals surface area contributed by atoms with Gasteiger partial charge in [0.05, 0.1) is 5.56 Å². The second-order valence-electron chi connectivity index (χ2n) is 4.48. The zero-order valence-electron chi connectivity index (χ0n) is 9.17. The third-order valence-corrected chi connectivity index (χ3v) is 4.25. The molecule has 0 aromatic heterocycles. The Morgan fingerprint density at radius 1 is 1.53 bits per heavy atom. The Morgan fingerprint density at radius 3 is 2.76 bits per heavy atom. The number of amides is 1. The fourth-order valence-corrected chi connectivity index (χ4v) is 2.34. The Hall–Kier alpha value is -1.10. The summed E-state index contributed by atoms with van der Waals surface area (Å²) in [7, 11) is 0. The van der Waals surface area contributed by atoms with E-state index in [9.17, 15) is 9.18 Å². The van der Waals surface area contributed by atoms with Gasteiger partial charge in [0.25, 0.3) is 5.91 Å². The fourth-order valence-electron chi connectivity index (χ4n) is 1.59. The van der Waals surface area contributed by atoms with Crippen molar-refractivity contribution in [2.75, 3.05) is 11.9 Å². The van der Waals surface area contributed by atoms with Crippen LogP contribution < -0.4 is 5.32 Å². The van der Waals surface area contributed by atoms with Crippen LogP contribution >= 0.6 is 15.9 Å². The molecular formula is C12H13BrFNO2. The Morgan fingerprint density at radius 2 is 2.24 bits per heavy atom. The van der Waals surface area contributed by atoms with Crippen molar-refractivity contribution in [1.82, 2.24) is 5.32 Å². The lowest BCUT2D eigenvalue weighted by molar-refractivity contribution is 0.0942. The lowest BCUT2D eigenvalue weighted by atomic mass is 10.1. The minimum Gasteiger partial charge on any atom is -0.508 e. The maximum atomic E-state index is 13.4. The van der Waals surface area contributed by atoms with Crippen LogP contribution in [-0.2, 0) is 0 Å². The Balaban J connectivity index is 2.00. The molecule has 2 rings (SSSR count). The van der Waals surface area contributed by atoms with E-state index in [-0.39, 0.29) is 16.7 Å². The number of carbonyl (C=O) groups is 1. The summed E-state index contributed by atoms with van der Waals surface area (Å²) in [6.07, 6.45) is 2.16. The van der Waals surface area contributed by atoms with Crippen molar-refractivity contribution in [3.8, 4) is 5.75 Å². The fraction of sp³-hybridized carbons (Fsp3) is 0.417. The van der Waals surface area contributed by atoms with Crippen molar-refractivity contribution in [3.05, 3.63) is 29.6 Å². The average Bonchev–Trinajstić information content (AvgIpc) is 3.07. The minimum absolute atomic E-state index is 0.0341. The molecule has 92 valence electrons. The second-order valence-corrected chi connectivity index (χ2v) is 5.04. The number of aromatic hydroxyl groups is 1. The molecule has 2 N–H and O–H groups in total. The van der Waals surface area contributed by atoms with Crippen molar-refractivity contribution in [3.63, 3.8) is 0 Å². The molecule has 1 amide bonds. The Labute approximate surface area is 107 Å². The van der Waals surface area contributed by atoms with Crippen LogP contribution in [0.4, 0.5) is 4.39 Å². The van der Waals surface area contributed by atoms with Gasteiger partial charge in [-0.15, -0.1) is 0 Å². The first-order chi connectivity index (χ1) is 8.06. The van der Waals surface area contributed by atoms with Crippen molar-refractivity contribution in [2.24, 2.45) is 5.41 Å². The lowest BCUT2D eigenvalue weighted by Crippen LogP contribution is -2.31. The van der Waals surface area contributed by atoms with Gasteiger partial charge in [-0.25, -0.2) is 4.39 Å². The van der Waals surface area contributed by atoms with Gasteiger partial charge in [0.1, 0.15) is 11.6 Å². The van der Waals surface area contributed by atoms with E-state index >= 15 is 0 Å². The van der Waals surface area contributed by atoms with Crippen molar-refractivity contribution in [2.45, 2.75) is 12.8 Å². The zero-order chi connectivity index (χ0) is 12.5. The summed E-state index contributed by atoms with van der Waals surface area (Å²) >= 11 is 3.41. The Kier molecular flexibility index (Phi) is 3.38. The number of phenolic OH excluding ortho intramolecular Hbond substituents is 1. The number of hydrogen-bond acceptors (Lipinski definition) is 2. The molecule has 1 aliphatic carbocycles. The van der Waals surface area contributed by atoms with Gasteiger partial charge < -0.3 is 10.4 Å². The third kappa shape index (κ3) is 2.77. The summed E-state index contributed by atoms with van der Waals surface area (Å²) in [6, 6.07) is 3.52. The number of halogens is 2. The SMILES string of the molecule is O=C(NCC1(CBr)CC1)c1ccc(O)cc1F. The first-order valence-corrected chi connectivity index (χ1v) is 6.51. The normalized spacial score (nSPS) is 16.6. The van der Waals surface area contributed by atoms with Crippen LogP contribution in [0.5, 0.6) is 5.75 Å². The van der Waals surface area contributed by atoms with E-state index in [0.717, 1.165) is 24.2 Å². The standard InChI is InChI=1S/C12H13BrFNO2/c13-6-12(3-4-12)7-15-11(17)9-2-1-8(16)5-10(9)14/h1-2,5,16H,3-4,6-7H2,(H,15,17). The highest BCUT2D eigenvalue weighted by atomic mass is 79.9. The molecule has 1 aliphatic rings. The molecule has 0 aliphatic heterocycles. The summed E-state index contributed by atoms with van der Waals surface area (Å²) in [5.41, 5.74) is 0.122.